The van der Waals surface area contributed by atoms with Crippen molar-refractivity contribution in [1.29, 1.82) is 0 Å². The fraction of sp³-hybridized carbons (Fsp3) is 0.0769. The lowest BCUT2D eigenvalue weighted by molar-refractivity contribution is 0.102. The third-order valence-electron chi connectivity index (χ3n) is 2.78. The second kappa shape index (κ2) is 5.58. The quantitative estimate of drug-likeness (QED) is 0.837. The molecule has 1 aromatic heterocycles. The van der Waals surface area contributed by atoms with E-state index in [1.54, 1.807) is 6.92 Å². The lowest BCUT2D eigenvalue weighted by Gasteiger charge is -2.10. The minimum absolute atomic E-state index is 0.111. The summed E-state index contributed by atoms with van der Waals surface area (Å²) in [6.45, 7) is 1.70. The molecule has 8 heteroatoms. The minimum Gasteiger partial charge on any atom is -0.322 e. The maximum atomic E-state index is 12.7. The largest absolute Gasteiger partial charge is 0.322 e. The van der Waals surface area contributed by atoms with E-state index >= 15 is 0 Å². The number of nitrogens with two attached hydrogens (primary N) is 1. The number of aryl methyl sites for hydroxylation is 1. The first-order chi connectivity index (χ1) is 9.77. The van der Waals surface area contributed by atoms with E-state index in [9.17, 15) is 17.6 Å². The van der Waals surface area contributed by atoms with Gasteiger partial charge in [0.2, 0.25) is 16.0 Å². The molecule has 0 aliphatic heterocycles. The Labute approximate surface area is 120 Å². The fourth-order valence-electron chi connectivity index (χ4n) is 1.62. The standard InChI is InChI=1S/C13H12FN3O3S/c1-8-2-4-10(21(15,19)20)6-11(8)17-13(18)9-3-5-12(14)16-7-9/h2-7H,1H3,(H,17,18)(H2,15,19,20). The Morgan fingerprint density at radius 3 is 2.57 bits per heavy atom. The van der Waals surface area contributed by atoms with Crippen molar-refractivity contribution in [3.8, 4) is 0 Å². The van der Waals surface area contributed by atoms with E-state index in [1.165, 1.54) is 24.3 Å². The second-order valence-electron chi connectivity index (χ2n) is 4.35. The van der Waals surface area contributed by atoms with Gasteiger partial charge >= 0.3 is 0 Å². The smallest absolute Gasteiger partial charge is 0.257 e. The number of primary sulfonamides is 1. The summed E-state index contributed by atoms with van der Waals surface area (Å²) in [6.07, 6.45) is 1.09. The van der Waals surface area contributed by atoms with Crippen molar-refractivity contribution in [3.63, 3.8) is 0 Å². The number of halogens is 1. The van der Waals surface area contributed by atoms with Crippen LogP contribution in [0.3, 0.4) is 0 Å². The summed E-state index contributed by atoms with van der Waals surface area (Å²) in [5.41, 5.74) is 1.11. The summed E-state index contributed by atoms with van der Waals surface area (Å²) >= 11 is 0. The van der Waals surface area contributed by atoms with Crippen LogP contribution < -0.4 is 10.5 Å². The summed E-state index contributed by atoms with van der Waals surface area (Å²) in [6, 6.07) is 6.47. The third-order valence-corrected chi connectivity index (χ3v) is 3.69. The number of pyridine rings is 1. The molecule has 0 atom stereocenters. The summed E-state index contributed by atoms with van der Waals surface area (Å²) in [5.74, 6) is -1.23. The van der Waals surface area contributed by atoms with E-state index in [4.69, 9.17) is 5.14 Å². The van der Waals surface area contributed by atoms with Gasteiger partial charge in [0.15, 0.2) is 0 Å². The Kier molecular flexibility index (Phi) is 4.01. The Morgan fingerprint density at radius 1 is 1.29 bits per heavy atom. The number of benzene rings is 1. The van der Waals surface area contributed by atoms with Crippen molar-refractivity contribution in [2.75, 3.05) is 5.32 Å². The van der Waals surface area contributed by atoms with Crippen molar-refractivity contribution in [2.45, 2.75) is 11.8 Å². The molecule has 1 aromatic carbocycles. The SMILES string of the molecule is Cc1ccc(S(N)(=O)=O)cc1NC(=O)c1ccc(F)nc1. The van der Waals surface area contributed by atoms with Crippen LogP contribution in [0.1, 0.15) is 15.9 Å². The predicted octanol–water partition coefficient (Wildman–Crippen LogP) is 1.43. The topological polar surface area (TPSA) is 102 Å². The Morgan fingerprint density at radius 2 is 2.00 bits per heavy atom. The van der Waals surface area contributed by atoms with Gasteiger partial charge in [0.1, 0.15) is 0 Å². The van der Waals surface area contributed by atoms with Crippen LogP contribution in [0.5, 0.6) is 0 Å². The van der Waals surface area contributed by atoms with Gasteiger partial charge in [0.05, 0.1) is 10.5 Å². The molecule has 1 amide bonds. The number of nitrogens with zero attached hydrogens (tertiary/aromatic N) is 1. The van der Waals surface area contributed by atoms with Gasteiger partial charge in [-0.25, -0.2) is 18.5 Å². The van der Waals surface area contributed by atoms with Crippen LogP contribution in [0.4, 0.5) is 10.1 Å². The highest BCUT2D eigenvalue weighted by atomic mass is 32.2. The first-order valence-electron chi connectivity index (χ1n) is 5.84. The van der Waals surface area contributed by atoms with E-state index in [1.807, 2.05) is 0 Å². The van der Waals surface area contributed by atoms with Crippen molar-refractivity contribution >= 4 is 21.6 Å². The Bertz CT molecular complexity index is 789. The molecule has 21 heavy (non-hydrogen) atoms. The molecule has 2 rings (SSSR count). The number of sulfonamides is 1. The van der Waals surface area contributed by atoms with Crippen molar-refractivity contribution < 1.29 is 17.6 Å². The number of hydrogen-bond acceptors (Lipinski definition) is 4. The molecule has 1 heterocycles. The highest BCUT2D eigenvalue weighted by molar-refractivity contribution is 7.89. The van der Waals surface area contributed by atoms with Gasteiger partial charge in [-0.1, -0.05) is 6.07 Å². The first-order valence-corrected chi connectivity index (χ1v) is 7.38. The van der Waals surface area contributed by atoms with Gasteiger partial charge in [-0.2, -0.15) is 4.39 Å². The minimum atomic E-state index is -3.86. The average molecular weight is 309 g/mol. The van der Waals surface area contributed by atoms with Crippen LogP contribution in [-0.2, 0) is 10.0 Å². The molecule has 0 bridgehead atoms. The maximum Gasteiger partial charge on any atom is 0.257 e. The summed E-state index contributed by atoms with van der Waals surface area (Å²) < 4.78 is 35.3. The predicted molar refractivity (Wildman–Crippen MR) is 74.7 cm³/mol. The van der Waals surface area contributed by atoms with Crippen molar-refractivity contribution in [2.24, 2.45) is 5.14 Å². The number of rotatable bonds is 3. The molecular formula is C13H12FN3O3S. The van der Waals surface area contributed by atoms with Gasteiger partial charge in [-0.15, -0.1) is 0 Å². The number of amides is 1. The summed E-state index contributed by atoms with van der Waals surface area (Å²) in [5, 5.41) is 7.58. The summed E-state index contributed by atoms with van der Waals surface area (Å²) in [4.78, 5) is 15.3. The Balaban J connectivity index is 2.31. The molecule has 110 valence electrons. The normalized spacial score (nSPS) is 11.2. The molecule has 0 saturated carbocycles. The Hall–Kier alpha value is -2.32. The number of anilines is 1. The van der Waals surface area contributed by atoms with Crippen LogP contribution in [0, 0.1) is 12.9 Å². The van der Waals surface area contributed by atoms with Crippen LogP contribution in [0.25, 0.3) is 0 Å². The van der Waals surface area contributed by atoms with Gasteiger partial charge in [0, 0.05) is 11.9 Å². The van der Waals surface area contributed by atoms with E-state index in [0.717, 1.165) is 12.3 Å². The number of carbonyl (C=O) groups excluding carboxylic acids is 1. The lowest BCUT2D eigenvalue weighted by atomic mass is 10.2. The van der Waals surface area contributed by atoms with Crippen LogP contribution in [0.2, 0.25) is 0 Å². The first kappa shape index (κ1) is 15.1. The van der Waals surface area contributed by atoms with Crippen LogP contribution in [-0.4, -0.2) is 19.3 Å². The van der Waals surface area contributed by atoms with E-state index in [0.29, 0.717) is 11.3 Å². The van der Waals surface area contributed by atoms with Crippen LogP contribution in [0.15, 0.2) is 41.4 Å². The van der Waals surface area contributed by atoms with Crippen molar-refractivity contribution in [1.82, 2.24) is 4.98 Å². The molecule has 0 fully saturated rings. The fourth-order valence-corrected chi connectivity index (χ4v) is 2.16. The monoisotopic (exact) mass is 309 g/mol. The molecule has 0 aliphatic rings. The molecule has 0 spiro atoms. The zero-order valence-corrected chi connectivity index (χ0v) is 11.8. The molecule has 0 aliphatic carbocycles. The lowest BCUT2D eigenvalue weighted by Crippen LogP contribution is -2.16. The number of hydrogen-bond donors (Lipinski definition) is 2. The molecule has 0 saturated heterocycles. The second-order valence-corrected chi connectivity index (χ2v) is 5.91. The number of nitrogens with one attached hydrogen (secondary N) is 1. The molecule has 3 N–H and O–H groups in total. The van der Waals surface area contributed by atoms with Crippen molar-refractivity contribution in [3.05, 3.63) is 53.6 Å². The molecule has 0 unspecified atom stereocenters. The molecular weight excluding hydrogens is 297 g/mol. The van der Waals surface area contributed by atoms with E-state index in [2.05, 4.69) is 10.3 Å². The van der Waals surface area contributed by atoms with Gasteiger partial charge in [0.25, 0.3) is 5.91 Å². The number of aromatic nitrogens is 1. The third kappa shape index (κ3) is 3.61. The van der Waals surface area contributed by atoms with Gasteiger partial charge in [-0.3, -0.25) is 4.79 Å². The molecule has 2 aromatic rings. The summed E-state index contributed by atoms with van der Waals surface area (Å²) in [7, 11) is -3.86. The van der Waals surface area contributed by atoms with E-state index in [-0.39, 0.29) is 10.5 Å². The zero-order valence-electron chi connectivity index (χ0n) is 11.0. The average Bonchev–Trinajstić information content (AvgIpc) is 2.40. The molecule has 0 radical (unpaired) electrons. The highest BCUT2D eigenvalue weighted by Crippen LogP contribution is 2.20. The van der Waals surface area contributed by atoms with Crippen LogP contribution >= 0.6 is 0 Å². The number of carbonyl (C=O) groups is 1. The van der Waals surface area contributed by atoms with E-state index < -0.39 is 21.9 Å². The van der Waals surface area contributed by atoms with Gasteiger partial charge < -0.3 is 5.32 Å². The van der Waals surface area contributed by atoms with Gasteiger partial charge in [-0.05, 0) is 36.8 Å². The highest BCUT2D eigenvalue weighted by Gasteiger charge is 2.13. The molecule has 6 nitrogen and oxygen atoms in total. The zero-order chi connectivity index (χ0) is 15.6. The maximum absolute atomic E-state index is 12.7.